The predicted octanol–water partition coefficient (Wildman–Crippen LogP) is 0.890. The van der Waals surface area contributed by atoms with Crippen LogP contribution in [0.1, 0.15) is 5.56 Å². The Balaban J connectivity index is 2.91. The maximum absolute atomic E-state index is 11.8. The molecule has 1 aromatic heterocycles. The third-order valence-corrected chi connectivity index (χ3v) is 2.34. The Morgan fingerprint density at radius 3 is 2.76 bits per heavy atom. The minimum Gasteiger partial charge on any atom is -0.384 e. The van der Waals surface area contributed by atoms with Crippen molar-refractivity contribution in [2.75, 3.05) is 5.73 Å². The molecule has 2 rings (SSSR count). The first-order valence-corrected chi connectivity index (χ1v) is 4.54. The van der Waals surface area contributed by atoms with Gasteiger partial charge in [0.1, 0.15) is 17.5 Å². The van der Waals surface area contributed by atoms with Gasteiger partial charge in [0, 0.05) is 12.1 Å². The molecule has 7 heteroatoms. The number of aromatic nitrogens is 1. The molecule has 3 N–H and O–H groups in total. The fourth-order valence-electron chi connectivity index (χ4n) is 1.52. The zero-order valence-electron chi connectivity index (χ0n) is 8.43. The molecule has 0 saturated heterocycles. The number of rotatable bonds is 1. The van der Waals surface area contributed by atoms with Crippen molar-refractivity contribution in [1.29, 1.82) is 5.26 Å². The first-order valence-electron chi connectivity index (χ1n) is 4.54. The van der Waals surface area contributed by atoms with E-state index in [1.165, 1.54) is 12.1 Å². The maximum atomic E-state index is 11.8. The Hall–Kier alpha value is -2.88. The van der Waals surface area contributed by atoms with Crippen molar-refractivity contribution in [1.82, 2.24) is 4.98 Å². The molecule has 0 unspecified atom stereocenters. The van der Waals surface area contributed by atoms with Gasteiger partial charge in [-0.2, -0.15) is 5.26 Å². The quantitative estimate of drug-likeness (QED) is 0.555. The third-order valence-electron chi connectivity index (χ3n) is 2.34. The summed E-state index contributed by atoms with van der Waals surface area (Å²) in [5.74, 6) is -0.0427. The zero-order valence-corrected chi connectivity index (χ0v) is 8.43. The molecule has 0 aliphatic heterocycles. The van der Waals surface area contributed by atoms with Crippen LogP contribution in [0, 0.1) is 21.4 Å². The van der Waals surface area contributed by atoms with Crippen LogP contribution in [0.4, 0.5) is 11.5 Å². The Morgan fingerprint density at radius 2 is 2.18 bits per heavy atom. The minimum atomic E-state index is -0.610. The predicted molar refractivity (Wildman–Crippen MR) is 60.4 cm³/mol. The molecule has 0 atom stereocenters. The van der Waals surface area contributed by atoms with Crippen molar-refractivity contribution in [3.05, 3.63) is 44.1 Å². The fraction of sp³-hybridized carbons (Fsp3) is 0. The molecule has 2 aromatic rings. The lowest BCUT2D eigenvalue weighted by Crippen LogP contribution is -2.12. The number of nitrogens with one attached hydrogen (secondary N) is 1. The fourth-order valence-corrected chi connectivity index (χ4v) is 1.52. The smallest absolute Gasteiger partial charge is 0.270 e. The van der Waals surface area contributed by atoms with Gasteiger partial charge in [-0.3, -0.25) is 14.9 Å². The van der Waals surface area contributed by atoms with E-state index in [-0.39, 0.29) is 22.5 Å². The summed E-state index contributed by atoms with van der Waals surface area (Å²) in [6, 6.07) is 5.42. The average Bonchev–Trinajstić information content (AvgIpc) is 2.29. The Labute approximate surface area is 94.2 Å². The molecule has 0 aliphatic carbocycles. The lowest BCUT2D eigenvalue weighted by molar-refractivity contribution is -0.384. The van der Waals surface area contributed by atoms with Crippen molar-refractivity contribution < 1.29 is 4.92 Å². The van der Waals surface area contributed by atoms with Gasteiger partial charge in [0.05, 0.1) is 15.8 Å². The molecule has 0 saturated carbocycles. The van der Waals surface area contributed by atoms with Gasteiger partial charge in [0.15, 0.2) is 0 Å². The second kappa shape index (κ2) is 3.61. The van der Waals surface area contributed by atoms with Crippen LogP contribution in [0.25, 0.3) is 10.9 Å². The van der Waals surface area contributed by atoms with E-state index in [0.717, 1.165) is 6.07 Å². The molecular formula is C10H6N4O3. The van der Waals surface area contributed by atoms with Crippen LogP contribution in [0.5, 0.6) is 0 Å². The summed E-state index contributed by atoms with van der Waals surface area (Å²) in [7, 11) is 0. The number of fused-ring (bicyclic) bond motifs is 1. The van der Waals surface area contributed by atoms with Gasteiger partial charge in [0.2, 0.25) is 5.43 Å². The molecular weight excluding hydrogens is 224 g/mol. The SMILES string of the molecule is N#Cc1c(N)[nH]c2ccc([N+](=O)[O-])cc2c1=O. The topological polar surface area (TPSA) is 126 Å². The number of non-ortho nitro benzene ring substituents is 1. The molecule has 0 amide bonds. The van der Waals surface area contributed by atoms with Crippen molar-refractivity contribution in [3.63, 3.8) is 0 Å². The van der Waals surface area contributed by atoms with Crippen molar-refractivity contribution in [2.24, 2.45) is 0 Å². The van der Waals surface area contributed by atoms with Gasteiger partial charge >= 0.3 is 0 Å². The van der Waals surface area contributed by atoms with Crippen LogP contribution in [-0.2, 0) is 0 Å². The van der Waals surface area contributed by atoms with Gasteiger partial charge in [0.25, 0.3) is 5.69 Å². The highest BCUT2D eigenvalue weighted by Crippen LogP contribution is 2.18. The molecule has 0 aliphatic rings. The van der Waals surface area contributed by atoms with Crippen LogP contribution >= 0.6 is 0 Å². The largest absolute Gasteiger partial charge is 0.384 e. The number of nitro groups is 1. The number of nitrogens with two attached hydrogens (primary N) is 1. The molecule has 0 fully saturated rings. The third kappa shape index (κ3) is 1.57. The van der Waals surface area contributed by atoms with Gasteiger partial charge in [-0.05, 0) is 6.07 Å². The van der Waals surface area contributed by atoms with Crippen LogP contribution in [-0.4, -0.2) is 9.91 Å². The molecule has 1 aromatic carbocycles. The Kier molecular flexibility index (Phi) is 2.25. The Bertz CT molecular complexity index is 727. The number of nitro benzene ring substituents is 1. The highest BCUT2D eigenvalue weighted by Gasteiger charge is 2.13. The number of hydrogen-bond acceptors (Lipinski definition) is 5. The standard InChI is InChI=1S/C10H6N4O3/c11-4-7-9(15)6-3-5(14(16)17)1-2-8(6)13-10(7)12/h1-3H,(H3,12,13,15). The summed E-state index contributed by atoms with van der Waals surface area (Å²) in [6.45, 7) is 0. The number of hydrogen-bond donors (Lipinski definition) is 2. The number of benzene rings is 1. The highest BCUT2D eigenvalue weighted by molar-refractivity contribution is 5.84. The normalized spacial score (nSPS) is 10.1. The van der Waals surface area contributed by atoms with Gasteiger partial charge in [-0.1, -0.05) is 0 Å². The lowest BCUT2D eigenvalue weighted by atomic mass is 10.1. The summed E-state index contributed by atoms with van der Waals surface area (Å²) in [5.41, 5.74) is 4.78. The Morgan fingerprint density at radius 1 is 1.47 bits per heavy atom. The molecule has 0 radical (unpaired) electrons. The number of nitriles is 1. The first-order chi connectivity index (χ1) is 8.04. The summed E-state index contributed by atoms with van der Waals surface area (Å²) < 4.78 is 0. The van der Waals surface area contributed by atoms with E-state index in [0.29, 0.717) is 5.52 Å². The number of aromatic amines is 1. The summed E-state index contributed by atoms with van der Waals surface area (Å²) in [6.07, 6.45) is 0. The molecule has 17 heavy (non-hydrogen) atoms. The van der Waals surface area contributed by atoms with Crippen molar-refractivity contribution >= 4 is 22.4 Å². The zero-order chi connectivity index (χ0) is 12.6. The van der Waals surface area contributed by atoms with E-state index < -0.39 is 10.4 Å². The second-order valence-electron chi connectivity index (χ2n) is 3.34. The summed E-state index contributed by atoms with van der Waals surface area (Å²) in [5, 5.41) is 19.4. The van der Waals surface area contributed by atoms with Gasteiger partial charge in [-0.25, -0.2) is 0 Å². The lowest BCUT2D eigenvalue weighted by Gasteiger charge is -2.01. The number of pyridine rings is 1. The van der Waals surface area contributed by atoms with Crippen LogP contribution in [0.2, 0.25) is 0 Å². The van der Waals surface area contributed by atoms with Crippen LogP contribution < -0.4 is 11.2 Å². The van der Waals surface area contributed by atoms with Crippen molar-refractivity contribution in [2.45, 2.75) is 0 Å². The average molecular weight is 230 g/mol. The maximum Gasteiger partial charge on any atom is 0.270 e. The number of nitrogen functional groups attached to an aromatic ring is 1. The van der Waals surface area contributed by atoms with Gasteiger partial charge in [-0.15, -0.1) is 0 Å². The van der Waals surface area contributed by atoms with Crippen molar-refractivity contribution in [3.8, 4) is 6.07 Å². The van der Waals surface area contributed by atoms with E-state index in [1.807, 2.05) is 0 Å². The van der Waals surface area contributed by atoms with E-state index in [9.17, 15) is 14.9 Å². The van der Waals surface area contributed by atoms with E-state index >= 15 is 0 Å². The second-order valence-corrected chi connectivity index (χ2v) is 3.34. The molecule has 84 valence electrons. The number of anilines is 1. The van der Waals surface area contributed by atoms with E-state index in [1.54, 1.807) is 6.07 Å². The highest BCUT2D eigenvalue weighted by atomic mass is 16.6. The van der Waals surface area contributed by atoms with E-state index in [2.05, 4.69) is 4.98 Å². The first kappa shape index (κ1) is 10.6. The number of H-pyrrole nitrogens is 1. The molecule has 7 nitrogen and oxygen atoms in total. The number of nitrogens with zero attached hydrogens (tertiary/aromatic N) is 2. The van der Waals surface area contributed by atoms with Gasteiger partial charge < -0.3 is 10.7 Å². The molecule has 0 bridgehead atoms. The van der Waals surface area contributed by atoms with Crippen LogP contribution in [0.3, 0.4) is 0 Å². The van der Waals surface area contributed by atoms with E-state index in [4.69, 9.17) is 11.0 Å². The monoisotopic (exact) mass is 230 g/mol. The van der Waals surface area contributed by atoms with Crippen LogP contribution in [0.15, 0.2) is 23.0 Å². The molecule has 0 spiro atoms. The summed E-state index contributed by atoms with van der Waals surface area (Å²) in [4.78, 5) is 24.4. The minimum absolute atomic E-state index is 0.0427. The molecule has 1 heterocycles. The summed E-state index contributed by atoms with van der Waals surface area (Å²) >= 11 is 0.